The van der Waals surface area contributed by atoms with Gasteiger partial charge in [0, 0.05) is 51.9 Å². The van der Waals surface area contributed by atoms with Gasteiger partial charge in [-0.15, -0.1) is 0 Å². The number of hydrogen-bond acceptors (Lipinski definition) is 2. The molecular weight excluding hydrogens is 633 g/mol. The third-order valence-corrected chi connectivity index (χ3v) is 10.3. The highest BCUT2D eigenvalue weighted by atomic mass is 15.1. The van der Waals surface area contributed by atoms with Gasteiger partial charge < -0.3 is 4.57 Å². The highest BCUT2D eigenvalue weighted by Gasteiger charge is 2.22. The summed E-state index contributed by atoms with van der Waals surface area (Å²) in [6.45, 7) is 4.38. The molecule has 0 amide bonds. The Morgan fingerprint density at radius 3 is 1.37 bits per heavy atom. The molecule has 9 aromatic rings. The van der Waals surface area contributed by atoms with Crippen LogP contribution >= 0.6 is 0 Å². The fourth-order valence-electron chi connectivity index (χ4n) is 7.69. The van der Waals surface area contributed by atoms with Crippen LogP contribution in [0.25, 0.3) is 61.0 Å². The van der Waals surface area contributed by atoms with Gasteiger partial charge in [-0.2, -0.15) is 0 Å². The number of nitrogens with zero attached hydrogens (tertiary/aromatic N) is 3. The lowest BCUT2D eigenvalue weighted by atomic mass is 10.00. The van der Waals surface area contributed by atoms with Crippen LogP contribution in [0.5, 0.6) is 0 Å². The summed E-state index contributed by atoms with van der Waals surface area (Å²) in [5.74, 6) is 0. The zero-order valence-electron chi connectivity index (χ0n) is 29.4. The zero-order valence-corrected chi connectivity index (χ0v) is 29.4. The lowest BCUT2D eigenvalue weighted by molar-refractivity contribution is -0.681. The predicted octanol–water partition coefficient (Wildman–Crippen LogP) is 11.4. The van der Waals surface area contributed by atoms with E-state index >= 15 is 0 Å². The molecule has 1 unspecified atom stereocenters. The molecule has 1 atom stereocenters. The fourth-order valence-corrected chi connectivity index (χ4v) is 7.69. The molecule has 7 aromatic carbocycles. The van der Waals surface area contributed by atoms with Crippen LogP contribution in [-0.4, -0.2) is 14.5 Å². The van der Waals surface area contributed by atoms with Crippen LogP contribution in [0.1, 0.15) is 25.0 Å². The van der Waals surface area contributed by atoms with E-state index in [-0.39, 0.29) is 0 Å². The van der Waals surface area contributed by atoms with Crippen molar-refractivity contribution < 1.29 is 4.90 Å². The highest BCUT2D eigenvalue weighted by molar-refractivity contribution is 6.09. The number of rotatable bonds is 8. The van der Waals surface area contributed by atoms with E-state index in [2.05, 4.69) is 188 Å². The van der Waals surface area contributed by atoms with Crippen LogP contribution in [0, 0.1) is 0 Å². The molecule has 250 valence electrons. The molecule has 4 nitrogen and oxygen atoms in total. The summed E-state index contributed by atoms with van der Waals surface area (Å²) < 4.78 is 2.37. The van der Waals surface area contributed by atoms with Gasteiger partial charge in [0.25, 0.3) is 0 Å². The smallest absolute Gasteiger partial charge is 0.141 e. The molecule has 2 heterocycles. The molecule has 0 aliphatic carbocycles. The molecule has 9 rings (SSSR count). The first-order valence-electron chi connectivity index (χ1n) is 18.2. The number of para-hydroxylation sites is 3. The molecule has 0 spiro atoms. The quantitative estimate of drug-likeness (QED) is 0.174. The van der Waals surface area contributed by atoms with Gasteiger partial charge in [0.2, 0.25) is 0 Å². The lowest BCUT2D eigenvalue weighted by Gasteiger charge is -2.20. The summed E-state index contributed by atoms with van der Waals surface area (Å²) in [4.78, 5) is 11.9. The lowest BCUT2D eigenvalue weighted by Crippen LogP contribution is -2.96. The van der Waals surface area contributed by atoms with Crippen molar-refractivity contribution in [3.05, 3.63) is 181 Å². The Labute approximate surface area is 304 Å². The van der Waals surface area contributed by atoms with Crippen LogP contribution in [0.15, 0.2) is 170 Å². The highest BCUT2D eigenvalue weighted by Crippen LogP contribution is 2.35. The SMILES string of the molecule is CCc1ccc(CC)c2nc(-c3ccc([NH+](c4ccccc4)c4ccc(-n5c6ccccc6c6ccccc65)cc4)cc3)c(-c3ccccc3)nc12. The fraction of sp³-hybridized carbons (Fsp3) is 0.0833. The van der Waals surface area contributed by atoms with E-state index in [1.807, 2.05) is 0 Å². The van der Waals surface area contributed by atoms with Gasteiger partial charge in [0.15, 0.2) is 0 Å². The number of quaternary nitrogens is 1. The van der Waals surface area contributed by atoms with Crippen LogP contribution in [0.4, 0.5) is 17.1 Å². The van der Waals surface area contributed by atoms with Crippen LogP contribution in [0.3, 0.4) is 0 Å². The van der Waals surface area contributed by atoms with Gasteiger partial charge >= 0.3 is 0 Å². The molecule has 0 fully saturated rings. The summed E-state index contributed by atoms with van der Waals surface area (Å²) in [7, 11) is 0. The van der Waals surface area contributed by atoms with E-state index in [4.69, 9.17) is 9.97 Å². The second-order valence-electron chi connectivity index (χ2n) is 13.3. The van der Waals surface area contributed by atoms with Gasteiger partial charge in [-0.25, -0.2) is 14.9 Å². The first-order valence-corrected chi connectivity index (χ1v) is 18.2. The van der Waals surface area contributed by atoms with Crippen molar-refractivity contribution in [1.29, 1.82) is 0 Å². The minimum Gasteiger partial charge on any atom is -0.309 e. The Morgan fingerprint density at radius 1 is 0.423 bits per heavy atom. The van der Waals surface area contributed by atoms with Gasteiger partial charge in [-0.1, -0.05) is 111 Å². The second-order valence-corrected chi connectivity index (χ2v) is 13.3. The summed E-state index contributed by atoms with van der Waals surface area (Å²) in [5, 5.41) is 2.53. The molecule has 0 saturated carbocycles. The summed E-state index contributed by atoms with van der Waals surface area (Å²) in [6.07, 6.45) is 1.82. The van der Waals surface area contributed by atoms with E-state index in [0.29, 0.717) is 0 Å². The third kappa shape index (κ3) is 5.45. The standard InChI is InChI=1S/C48H38N4/c1-3-33-23-24-34(4-2)46-45(33)49-47(35-15-7-5-8-16-35)48(50-46)36-25-27-38(28-26-36)51(37-17-9-6-10-18-37)39-29-31-40(32-30-39)52-43-21-13-11-19-41(43)42-20-12-14-22-44(42)52/h5-32H,3-4H2,1-2H3/p+1. The molecule has 2 aromatic heterocycles. The zero-order chi connectivity index (χ0) is 35.0. The Kier molecular flexibility index (Phi) is 8.15. The van der Waals surface area contributed by atoms with Crippen molar-refractivity contribution in [1.82, 2.24) is 14.5 Å². The molecule has 0 aliphatic rings. The Balaban J connectivity index is 1.15. The van der Waals surface area contributed by atoms with Crippen molar-refractivity contribution in [2.75, 3.05) is 0 Å². The summed E-state index contributed by atoms with van der Waals surface area (Å²) in [6, 6.07) is 60.8. The molecule has 4 heteroatoms. The number of nitrogens with one attached hydrogen (secondary N) is 1. The van der Waals surface area contributed by atoms with Gasteiger partial charge in [0.05, 0.1) is 33.5 Å². The molecule has 0 aliphatic heterocycles. The first kappa shape index (κ1) is 31.6. The minimum absolute atomic E-state index is 0.906. The molecule has 0 bridgehead atoms. The maximum atomic E-state index is 5.40. The minimum atomic E-state index is 0.906. The normalized spacial score (nSPS) is 12.1. The average molecular weight is 672 g/mol. The van der Waals surface area contributed by atoms with Gasteiger partial charge in [-0.3, -0.25) is 0 Å². The topological polar surface area (TPSA) is 35.2 Å². The van der Waals surface area contributed by atoms with Crippen LogP contribution < -0.4 is 4.90 Å². The maximum Gasteiger partial charge on any atom is 0.141 e. The largest absolute Gasteiger partial charge is 0.309 e. The van der Waals surface area contributed by atoms with Crippen molar-refractivity contribution >= 4 is 49.9 Å². The first-order chi connectivity index (χ1) is 25.7. The average Bonchev–Trinajstić information content (AvgIpc) is 3.56. The number of benzene rings is 7. The van der Waals surface area contributed by atoms with E-state index in [1.54, 1.807) is 0 Å². The molecule has 0 radical (unpaired) electrons. The van der Waals surface area contributed by atoms with Crippen LogP contribution in [0.2, 0.25) is 0 Å². The van der Waals surface area contributed by atoms with E-state index in [9.17, 15) is 0 Å². The van der Waals surface area contributed by atoms with E-state index in [1.165, 1.54) is 49.2 Å². The number of aromatic nitrogens is 3. The molecule has 0 saturated heterocycles. The number of fused-ring (bicyclic) bond motifs is 4. The Bertz CT molecular complexity index is 2620. The van der Waals surface area contributed by atoms with E-state index < -0.39 is 0 Å². The summed E-state index contributed by atoms with van der Waals surface area (Å²) in [5.41, 5.74) is 15.5. The van der Waals surface area contributed by atoms with Gasteiger partial charge in [-0.05, 0) is 72.5 Å². The summed E-state index contributed by atoms with van der Waals surface area (Å²) >= 11 is 0. The molecule has 52 heavy (non-hydrogen) atoms. The Hall–Kier alpha value is -6.36. The molecular formula is C48H39N4+. The van der Waals surface area contributed by atoms with Crippen molar-refractivity contribution in [2.45, 2.75) is 26.7 Å². The predicted molar refractivity (Wildman–Crippen MR) is 216 cm³/mol. The van der Waals surface area contributed by atoms with Crippen molar-refractivity contribution in [2.24, 2.45) is 0 Å². The van der Waals surface area contributed by atoms with Crippen LogP contribution in [-0.2, 0) is 12.8 Å². The monoisotopic (exact) mass is 671 g/mol. The Morgan fingerprint density at radius 2 is 0.846 bits per heavy atom. The van der Waals surface area contributed by atoms with Crippen molar-refractivity contribution in [3.8, 4) is 28.2 Å². The number of aryl methyl sites for hydroxylation is 2. The number of hydrogen-bond donors (Lipinski definition) is 1. The van der Waals surface area contributed by atoms with Gasteiger partial charge in [0.1, 0.15) is 17.1 Å². The molecule has 1 N–H and O–H groups in total. The second kappa shape index (κ2) is 13.4. The third-order valence-electron chi connectivity index (χ3n) is 10.3. The van der Waals surface area contributed by atoms with Crippen molar-refractivity contribution in [3.63, 3.8) is 0 Å². The maximum absolute atomic E-state index is 5.40. The van der Waals surface area contributed by atoms with E-state index in [0.717, 1.165) is 57.8 Å².